The van der Waals surface area contributed by atoms with Crippen LogP contribution in [0.3, 0.4) is 0 Å². The largest absolute Gasteiger partial charge is 0.383 e. The van der Waals surface area contributed by atoms with Crippen molar-refractivity contribution in [1.82, 2.24) is 19.1 Å². The van der Waals surface area contributed by atoms with E-state index in [1.165, 1.54) is 28.4 Å². The molecule has 2 heterocycles. The lowest BCUT2D eigenvalue weighted by Gasteiger charge is -2.24. The van der Waals surface area contributed by atoms with E-state index in [1.807, 2.05) is 6.07 Å². The van der Waals surface area contributed by atoms with E-state index in [-0.39, 0.29) is 52.8 Å². The van der Waals surface area contributed by atoms with E-state index in [2.05, 4.69) is 9.97 Å². The summed E-state index contributed by atoms with van der Waals surface area (Å²) in [5, 5.41) is 0.248. The predicted molar refractivity (Wildman–Crippen MR) is 169 cm³/mol. The number of rotatable bonds is 10. The molecule has 0 bridgehead atoms. The summed E-state index contributed by atoms with van der Waals surface area (Å²) in [6.07, 6.45) is 0. The molecule has 0 saturated carbocycles. The minimum Gasteiger partial charge on any atom is -0.383 e. The van der Waals surface area contributed by atoms with Crippen molar-refractivity contribution in [2.45, 2.75) is 11.7 Å². The van der Waals surface area contributed by atoms with Crippen LogP contribution in [0.25, 0.3) is 16.6 Å². The fourth-order valence-electron chi connectivity index (χ4n) is 4.57. The topological polar surface area (TPSA) is 145 Å². The Hall–Kier alpha value is -4.72. The summed E-state index contributed by atoms with van der Waals surface area (Å²) >= 11 is 6.95. The average molecular weight is 637 g/mol. The lowest BCUT2D eigenvalue weighted by atomic mass is 10.2. The maximum Gasteiger partial charge on any atom is 0.330 e. The third kappa shape index (κ3) is 6.30. The van der Waals surface area contributed by atoms with Crippen LogP contribution in [0.15, 0.2) is 92.3 Å². The molecule has 0 aliphatic heterocycles. The summed E-state index contributed by atoms with van der Waals surface area (Å²) in [5.41, 5.74) is 5.53. The molecule has 3 aromatic carbocycles. The Labute approximate surface area is 258 Å². The molecule has 0 atom stereocenters. The van der Waals surface area contributed by atoms with Gasteiger partial charge in [0.1, 0.15) is 11.6 Å². The summed E-state index contributed by atoms with van der Waals surface area (Å²) in [4.78, 5) is 61.1. The molecule has 11 nitrogen and oxygen atoms in total. The summed E-state index contributed by atoms with van der Waals surface area (Å²) in [7, 11) is 1.44. The molecule has 0 unspecified atom stereocenters. The van der Waals surface area contributed by atoms with Gasteiger partial charge in [-0.1, -0.05) is 65.8 Å². The van der Waals surface area contributed by atoms with E-state index in [1.54, 1.807) is 48.5 Å². The Balaban J connectivity index is 1.53. The molecule has 0 saturated heterocycles. The Morgan fingerprint density at radius 2 is 1.82 bits per heavy atom. The Bertz CT molecular complexity index is 2030. The van der Waals surface area contributed by atoms with Crippen LogP contribution in [0, 0.1) is 5.82 Å². The number of nitrogens with two attached hydrogens (primary N) is 1. The number of ether oxygens (including phenoxy) is 1. The maximum atomic E-state index is 14.0. The van der Waals surface area contributed by atoms with Crippen molar-refractivity contribution < 1.29 is 13.9 Å². The number of methoxy groups -OCH3 is 1. The molecular formula is C30H26ClFN6O5S. The van der Waals surface area contributed by atoms with Gasteiger partial charge < -0.3 is 15.4 Å². The van der Waals surface area contributed by atoms with Crippen LogP contribution in [0.2, 0.25) is 5.02 Å². The van der Waals surface area contributed by atoms with E-state index in [9.17, 15) is 23.6 Å². The van der Waals surface area contributed by atoms with Crippen LogP contribution in [0.1, 0.15) is 5.56 Å². The number of aromatic nitrogens is 4. The van der Waals surface area contributed by atoms with E-state index < -0.39 is 28.5 Å². The number of fused-ring (bicyclic) bond motifs is 1. The first-order valence-electron chi connectivity index (χ1n) is 13.3. The summed E-state index contributed by atoms with van der Waals surface area (Å²) in [6, 6.07) is 19.5. The van der Waals surface area contributed by atoms with E-state index >= 15 is 0 Å². The number of hydrogen-bond acceptors (Lipinski definition) is 8. The van der Waals surface area contributed by atoms with Crippen LogP contribution in [0.4, 0.5) is 15.9 Å². The average Bonchev–Trinajstić information content (AvgIpc) is 3.01. The molecule has 0 spiro atoms. The molecule has 0 aliphatic rings. The molecule has 5 rings (SSSR count). The molecule has 2 aromatic heterocycles. The Morgan fingerprint density at radius 3 is 2.55 bits per heavy atom. The van der Waals surface area contributed by atoms with Gasteiger partial charge in [0.05, 0.1) is 40.5 Å². The lowest BCUT2D eigenvalue weighted by molar-refractivity contribution is -0.116. The van der Waals surface area contributed by atoms with Crippen molar-refractivity contribution in [2.24, 2.45) is 0 Å². The first kappa shape index (κ1) is 30.7. The van der Waals surface area contributed by atoms with Crippen molar-refractivity contribution in [2.75, 3.05) is 36.6 Å². The highest BCUT2D eigenvalue weighted by atomic mass is 35.5. The number of carbonyl (C=O) groups is 1. The zero-order chi connectivity index (χ0) is 31.4. The van der Waals surface area contributed by atoms with E-state index in [0.717, 1.165) is 28.3 Å². The number of hydrogen-bond donors (Lipinski definition) is 2. The standard InChI is InChI=1S/C30H26ClFN6O5S/c1-43-14-13-36(25-26(33)37(29(42)35-27(25)40)16-18-7-3-2-4-8-18)24(39)17-44-30-34-23-10-6-5-9-20(23)28(41)38(30)19-11-12-22(32)21(31)15-19/h2-12,15H,13-14,16-17,33H2,1H3,(H,35,40,42). The number of nitrogens with zero attached hydrogens (tertiary/aromatic N) is 4. The number of nitrogen functional groups attached to an aromatic ring is 1. The number of aromatic amines is 1. The number of thioether (sulfide) groups is 1. The number of benzene rings is 3. The molecule has 0 aliphatic carbocycles. The molecule has 226 valence electrons. The summed E-state index contributed by atoms with van der Waals surface area (Å²) in [6.45, 7) is 0.0577. The first-order valence-corrected chi connectivity index (χ1v) is 14.6. The number of amides is 1. The lowest BCUT2D eigenvalue weighted by Crippen LogP contribution is -2.43. The van der Waals surface area contributed by atoms with Gasteiger partial charge >= 0.3 is 5.69 Å². The molecule has 0 fully saturated rings. The van der Waals surface area contributed by atoms with Gasteiger partial charge in [-0.05, 0) is 35.9 Å². The highest BCUT2D eigenvalue weighted by molar-refractivity contribution is 7.99. The van der Waals surface area contributed by atoms with Crippen LogP contribution < -0.4 is 27.4 Å². The number of H-pyrrole nitrogens is 1. The van der Waals surface area contributed by atoms with Crippen molar-refractivity contribution in [3.63, 3.8) is 0 Å². The minimum absolute atomic E-state index is 0.0557. The Morgan fingerprint density at radius 1 is 1.09 bits per heavy atom. The third-order valence-corrected chi connectivity index (χ3v) is 7.93. The van der Waals surface area contributed by atoms with Gasteiger partial charge in [-0.25, -0.2) is 14.2 Å². The van der Waals surface area contributed by atoms with Crippen LogP contribution in [-0.2, 0) is 16.1 Å². The SMILES string of the molecule is COCCN(C(=O)CSc1nc2ccccc2c(=O)n1-c1ccc(F)c(Cl)c1)c1c(N)n(Cc2ccccc2)c(=O)[nH]c1=O. The molecule has 5 aromatic rings. The highest BCUT2D eigenvalue weighted by Crippen LogP contribution is 2.26. The van der Waals surface area contributed by atoms with Gasteiger partial charge in [0.25, 0.3) is 11.1 Å². The molecule has 0 radical (unpaired) electrons. The van der Waals surface area contributed by atoms with Gasteiger partial charge in [0, 0.05) is 13.7 Å². The fourth-order valence-corrected chi connectivity index (χ4v) is 5.63. The number of carbonyl (C=O) groups excluding carboxylic acids is 1. The third-order valence-electron chi connectivity index (χ3n) is 6.72. The van der Waals surface area contributed by atoms with Crippen LogP contribution in [-0.4, -0.2) is 51.0 Å². The van der Waals surface area contributed by atoms with Gasteiger partial charge in [0.15, 0.2) is 10.8 Å². The minimum atomic E-state index is -0.840. The van der Waals surface area contributed by atoms with E-state index in [0.29, 0.717) is 10.9 Å². The monoisotopic (exact) mass is 636 g/mol. The zero-order valence-corrected chi connectivity index (χ0v) is 24.9. The molecule has 14 heteroatoms. The number of para-hydroxylation sites is 1. The number of nitrogens with one attached hydrogen (secondary N) is 1. The normalized spacial score (nSPS) is 11.2. The molecule has 1 amide bonds. The molecule has 44 heavy (non-hydrogen) atoms. The van der Waals surface area contributed by atoms with Crippen molar-refractivity contribution in [1.29, 1.82) is 0 Å². The summed E-state index contributed by atoms with van der Waals surface area (Å²) < 4.78 is 21.5. The second-order valence-corrected chi connectivity index (χ2v) is 10.9. The molecular weight excluding hydrogens is 611 g/mol. The number of halogens is 2. The zero-order valence-electron chi connectivity index (χ0n) is 23.3. The quantitative estimate of drug-likeness (QED) is 0.175. The van der Waals surface area contributed by atoms with Gasteiger partial charge in [-0.3, -0.25) is 28.5 Å². The molecule has 3 N–H and O–H groups in total. The van der Waals surface area contributed by atoms with Gasteiger partial charge in [-0.2, -0.15) is 0 Å². The first-order chi connectivity index (χ1) is 21.2. The number of anilines is 2. The predicted octanol–water partition coefficient (Wildman–Crippen LogP) is 3.43. The highest BCUT2D eigenvalue weighted by Gasteiger charge is 2.25. The fraction of sp³-hybridized carbons (Fsp3) is 0.167. The maximum absolute atomic E-state index is 14.0. The van der Waals surface area contributed by atoms with Crippen LogP contribution in [0.5, 0.6) is 0 Å². The smallest absolute Gasteiger partial charge is 0.330 e. The summed E-state index contributed by atoms with van der Waals surface area (Å²) in [5.74, 6) is -1.72. The second-order valence-electron chi connectivity index (χ2n) is 9.54. The van der Waals surface area contributed by atoms with Gasteiger partial charge in [-0.15, -0.1) is 0 Å². The second kappa shape index (κ2) is 13.3. The van der Waals surface area contributed by atoms with Crippen molar-refractivity contribution >= 4 is 51.7 Å². The van der Waals surface area contributed by atoms with Crippen LogP contribution >= 0.6 is 23.4 Å². The van der Waals surface area contributed by atoms with Crippen molar-refractivity contribution in [3.8, 4) is 5.69 Å². The van der Waals surface area contributed by atoms with Crippen molar-refractivity contribution in [3.05, 3.63) is 120 Å². The Kier molecular flexibility index (Phi) is 9.28. The van der Waals surface area contributed by atoms with Gasteiger partial charge in [0.2, 0.25) is 5.91 Å². The van der Waals surface area contributed by atoms with E-state index in [4.69, 9.17) is 22.1 Å².